The first kappa shape index (κ1) is 8.79. The Balaban J connectivity index is 2.39. The summed E-state index contributed by atoms with van der Waals surface area (Å²) in [6, 6.07) is 0. The van der Waals surface area contributed by atoms with Crippen LogP contribution >= 0.6 is 0 Å². The maximum absolute atomic E-state index is 5.43. The van der Waals surface area contributed by atoms with Gasteiger partial charge in [-0.25, -0.2) is 0 Å². The van der Waals surface area contributed by atoms with Crippen molar-refractivity contribution in [3.05, 3.63) is 17.0 Å². The van der Waals surface area contributed by atoms with E-state index in [0.717, 1.165) is 11.5 Å². The van der Waals surface area contributed by atoms with Crippen molar-refractivity contribution in [1.29, 1.82) is 0 Å². The lowest BCUT2D eigenvalue weighted by Crippen LogP contribution is -2.00. The summed E-state index contributed by atoms with van der Waals surface area (Å²) in [6.45, 7) is 8.70. The van der Waals surface area contributed by atoms with Gasteiger partial charge in [-0.2, -0.15) is 0 Å². The molecule has 1 fully saturated rings. The average molecular weight is 179 g/mol. The largest absolute Gasteiger partial charge is 0.360 e. The number of hydrogen-bond donors (Lipinski definition) is 0. The zero-order valence-electron chi connectivity index (χ0n) is 8.85. The second-order valence-electron chi connectivity index (χ2n) is 4.74. The highest BCUT2D eigenvalue weighted by Crippen LogP contribution is 2.49. The maximum atomic E-state index is 5.43. The molecule has 1 aromatic rings. The summed E-state index contributed by atoms with van der Waals surface area (Å²) in [5.74, 6) is 1.59. The third kappa shape index (κ3) is 1.28. The van der Waals surface area contributed by atoms with Crippen molar-refractivity contribution >= 4 is 0 Å². The standard InChI is InChI=1S/C11H17NO/c1-7(2)9-8(3)10(13-12-9)11(4)5-6-11/h7H,5-6H2,1-4H3. The van der Waals surface area contributed by atoms with Crippen LogP contribution in [0.3, 0.4) is 0 Å². The fraction of sp³-hybridized carbons (Fsp3) is 0.727. The molecule has 0 bridgehead atoms. The van der Waals surface area contributed by atoms with Gasteiger partial charge in [0.05, 0.1) is 5.69 Å². The Morgan fingerprint density at radius 3 is 2.38 bits per heavy atom. The van der Waals surface area contributed by atoms with E-state index in [1.165, 1.54) is 18.4 Å². The van der Waals surface area contributed by atoms with Gasteiger partial charge in [-0.05, 0) is 25.7 Å². The molecule has 0 N–H and O–H groups in total. The molecule has 1 aromatic heterocycles. The first-order chi connectivity index (χ1) is 6.04. The second-order valence-corrected chi connectivity index (χ2v) is 4.74. The van der Waals surface area contributed by atoms with Crippen molar-refractivity contribution in [1.82, 2.24) is 5.16 Å². The quantitative estimate of drug-likeness (QED) is 0.697. The molecule has 0 aliphatic heterocycles. The number of hydrogen-bond acceptors (Lipinski definition) is 2. The van der Waals surface area contributed by atoms with E-state index in [0.29, 0.717) is 11.3 Å². The zero-order chi connectivity index (χ0) is 9.64. The molecule has 0 saturated heterocycles. The molecule has 2 rings (SSSR count). The van der Waals surface area contributed by atoms with Crippen LogP contribution in [-0.4, -0.2) is 5.16 Å². The molecule has 2 heteroatoms. The van der Waals surface area contributed by atoms with Crippen molar-refractivity contribution in [2.24, 2.45) is 0 Å². The van der Waals surface area contributed by atoms with Gasteiger partial charge in [0.1, 0.15) is 5.76 Å². The molecular weight excluding hydrogens is 162 g/mol. The molecule has 1 heterocycles. The van der Waals surface area contributed by atoms with E-state index in [2.05, 4.69) is 32.9 Å². The van der Waals surface area contributed by atoms with Crippen molar-refractivity contribution in [3.8, 4) is 0 Å². The Bertz CT molecular complexity index is 321. The molecule has 72 valence electrons. The van der Waals surface area contributed by atoms with E-state index in [1.54, 1.807) is 0 Å². The van der Waals surface area contributed by atoms with Crippen molar-refractivity contribution < 1.29 is 4.52 Å². The summed E-state index contributed by atoms with van der Waals surface area (Å²) >= 11 is 0. The lowest BCUT2D eigenvalue weighted by atomic mass is 9.98. The zero-order valence-corrected chi connectivity index (χ0v) is 8.85. The van der Waals surface area contributed by atoms with E-state index < -0.39 is 0 Å². The molecule has 0 unspecified atom stereocenters. The van der Waals surface area contributed by atoms with Gasteiger partial charge >= 0.3 is 0 Å². The predicted molar refractivity (Wildman–Crippen MR) is 51.9 cm³/mol. The van der Waals surface area contributed by atoms with Gasteiger partial charge in [-0.1, -0.05) is 25.9 Å². The molecule has 0 spiro atoms. The third-order valence-corrected chi connectivity index (χ3v) is 3.06. The summed E-state index contributed by atoms with van der Waals surface area (Å²) in [6.07, 6.45) is 2.50. The third-order valence-electron chi connectivity index (χ3n) is 3.06. The highest BCUT2D eigenvalue weighted by Gasteiger charge is 2.44. The Morgan fingerprint density at radius 2 is 2.00 bits per heavy atom. The van der Waals surface area contributed by atoms with Crippen molar-refractivity contribution in [2.45, 2.75) is 51.9 Å². The minimum absolute atomic E-state index is 0.310. The lowest BCUT2D eigenvalue weighted by Gasteiger charge is -2.04. The molecule has 0 aromatic carbocycles. The highest BCUT2D eigenvalue weighted by atomic mass is 16.5. The monoisotopic (exact) mass is 179 g/mol. The maximum Gasteiger partial charge on any atom is 0.145 e. The molecule has 1 aliphatic carbocycles. The minimum atomic E-state index is 0.310. The molecule has 0 amide bonds. The van der Waals surface area contributed by atoms with Gasteiger partial charge in [0.2, 0.25) is 0 Å². The molecule has 2 nitrogen and oxygen atoms in total. The van der Waals surface area contributed by atoms with E-state index in [-0.39, 0.29) is 0 Å². The molecular formula is C11H17NO. The minimum Gasteiger partial charge on any atom is -0.360 e. The van der Waals surface area contributed by atoms with E-state index >= 15 is 0 Å². The van der Waals surface area contributed by atoms with Gasteiger partial charge in [0.15, 0.2) is 0 Å². The van der Waals surface area contributed by atoms with Gasteiger partial charge in [0.25, 0.3) is 0 Å². The van der Waals surface area contributed by atoms with Crippen LogP contribution in [0.25, 0.3) is 0 Å². The number of nitrogens with zero attached hydrogens (tertiary/aromatic N) is 1. The van der Waals surface area contributed by atoms with Gasteiger partial charge in [-0.15, -0.1) is 0 Å². The molecule has 1 aliphatic rings. The summed E-state index contributed by atoms with van der Waals surface area (Å²) in [7, 11) is 0. The van der Waals surface area contributed by atoms with Crippen molar-refractivity contribution in [2.75, 3.05) is 0 Å². The highest BCUT2D eigenvalue weighted by molar-refractivity contribution is 5.32. The smallest absolute Gasteiger partial charge is 0.145 e. The Hall–Kier alpha value is -0.790. The molecule has 1 saturated carbocycles. The first-order valence-electron chi connectivity index (χ1n) is 5.01. The number of aromatic nitrogens is 1. The lowest BCUT2D eigenvalue weighted by molar-refractivity contribution is 0.352. The van der Waals surface area contributed by atoms with Crippen LogP contribution in [0.5, 0.6) is 0 Å². The summed E-state index contributed by atoms with van der Waals surface area (Å²) in [5.41, 5.74) is 2.71. The normalized spacial score (nSPS) is 19.5. The first-order valence-corrected chi connectivity index (χ1v) is 5.01. The fourth-order valence-electron chi connectivity index (χ4n) is 1.86. The van der Waals surface area contributed by atoms with Gasteiger partial charge in [0, 0.05) is 11.0 Å². The molecule has 0 atom stereocenters. The Kier molecular flexibility index (Phi) is 1.76. The average Bonchev–Trinajstić information content (AvgIpc) is 2.63. The van der Waals surface area contributed by atoms with Crippen molar-refractivity contribution in [3.63, 3.8) is 0 Å². The van der Waals surface area contributed by atoms with E-state index in [4.69, 9.17) is 4.52 Å². The van der Waals surface area contributed by atoms with Crippen LogP contribution in [0.2, 0.25) is 0 Å². The topological polar surface area (TPSA) is 26.0 Å². The van der Waals surface area contributed by atoms with Crippen LogP contribution in [0.1, 0.15) is 56.5 Å². The summed E-state index contributed by atoms with van der Waals surface area (Å²) < 4.78 is 5.43. The summed E-state index contributed by atoms with van der Waals surface area (Å²) in [4.78, 5) is 0. The number of rotatable bonds is 2. The predicted octanol–water partition coefficient (Wildman–Crippen LogP) is 3.16. The summed E-state index contributed by atoms with van der Waals surface area (Å²) in [5, 5.41) is 4.15. The van der Waals surface area contributed by atoms with E-state index in [1.807, 2.05) is 0 Å². The second kappa shape index (κ2) is 2.60. The fourth-order valence-corrected chi connectivity index (χ4v) is 1.86. The van der Waals surface area contributed by atoms with Crippen LogP contribution in [0, 0.1) is 6.92 Å². The Morgan fingerprint density at radius 1 is 1.38 bits per heavy atom. The van der Waals surface area contributed by atoms with Crippen LogP contribution in [0.15, 0.2) is 4.52 Å². The van der Waals surface area contributed by atoms with Crippen LogP contribution in [-0.2, 0) is 5.41 Å². The SMILES string of the molecule is Cc1c(C(C)C)noc1C1(C)CC1. The Labute approximate surface area is 79.3 Å². The molecule has 13 heavy (non-hydrogen) atoms. The van der Waals surface area contributed by atoms with Gasteiger partial charge < -0.3 is 4.52 Å². The van der Waals surface area contributed by atoms with Gasteiger partial charge in [-0.3, -0.25) is 0 Å². The van der Waals surface area contributed by atoms with Crippen LogP contribution in [0.4, 0.5) is 0 Å². The van der Waals surface area contributed by atoms with Crippen LogP contribution < -0.4 is 0 Å². The van der Waals surface area contributed by atoms with E-state index in [9.17, 15) is 0 Å². The molecule has 0 radical (unpaired) electrons.